The average molecular weight is 320 g/mol. The maximum absolute atomic E-state index is 12.5. The van der Waals surface area contributed by atoms with Crippen LogP contribution in [0.3, 0.4) is 0 Å². The van der Waals surface area contributed by atoms with Gasteiger partial charge >= 0.3 is 12.4 Å². The summed E-state index contributed by atoms with van der Waals surface area (Å²) >= 11 is 5.38. The van der Waals surface area contributed by atoms with Crippen LogP contribution in [0.5, 0.6) is 0 Å². The number of amides is 1. The highest BCUT2D eigenvalue weighted by Gasteiger charge is 2.37. The van der Waals surface area contributed by atoms with Crippen LogP contribution in [0.2, 0.25) is 0 Å². The molecule has 0 unspecified atom stereocenters. The topological polar surface area (TPSA) is 29.1 Å². The van der Waals surface area contributed by atoms with Crippen molar-refractivity contribution >= 4 is 23.2 Å². The van der Waals surface area contributed by atoms with Gasteiger partial charge in [-0.05, 0) is 25.1 Å². The monoisotopic (exact) mass is 319 g/mol. The van der Waals surface area contributed by atoms with Gasteiger partial charge in [-0.25, -0.2) is 0 Å². The van der Waals surface area contributed by atoms with Gasteiger partial charge in [-0.1, -0.05) is 0 Å². The molecule has 0 fully saturated rings. The Hall–Kier alpha value is -1.44. The summed E-state index contributed by atoms with van der Waals surface area (Å²) in [5.74, 6) is -0.904. The summed E-state index contributed by atoms with van der Waals surface area (Å²) in [6.45, 7) is 1.23. The number of rotatable bonds is 2. The van der Waals surface area contributed by atoms with E-state index < -0.39 is 40.5 Å². The van der Waals surface area contributed by atoms with Crippen molar-refractivity contribution in [3.8, 4) is 0 Å². The van der Waals surface area contributed by atoms with E-state index in [1.165, 1.54) is 6.92 Å². The molecule has 1 atom stereocenters. The standard InChI is InChI=1S/C11H8ClF6NO/c1-5(12)9(20)19-8-3-6(10(13,14)15)2-7(4-8)11(16,17)18/h2-5H,1H3,(H,19,20)/t5-/m0/s1. The van der Waals surface area contributed by atoms with Crippen molar-refractivity contribution in [2.45, 2.75) is 24.7 Å². The quantitative estimate of drug-likeness (QED) is 0.639. The van der Waals surface area contributed by atoms with E-state index in [0.29, 0.717) is 12.1 Å². The molecule has 1 aromatic carbocycles. The van der Waals surface area contributed by atoms with Crippen LogP contribution in [0.25, 0.3) is 0 Å². The van der Waals surface area contributed by atoms with Crippen molar-refractivity contribution in [1.29, 1.82) is 0 Å². The van der Waals surface area contributed by atoms with E-state index in [2.05, 4.69) is 0 Å². The Kier molecular flexibility index (Phi) is 4.58. The number of benzene rings is 1. The zero-order valence-electron chi connectivity index (χ0n) is 9.86. The molecule has 1 N–H and O–H groups in total. The fraction of sp³-hybridized carbons (Fsp3) is 0.364. The van der Waals surface area contributed by atoms with Gasteiger partial charge in [0.15, 0.2) is 0 Å². The summed E-state index contributed by atoms with van der Waals surface area (Å²) in [7, 11) is 0. The summed E-state index contributed by atoms with van der Waals surface area (Å²) in [5, 5.41) is 0.797. The van der Waals surface area contributed by atoms with Gasteiger partial charge in [0.1, 0.15) is 5.38 Å². The van der Waals surface area contributed by atoms with Gasteiger partial charge in [-0.2, -0.15) is 26.3 Å². The van der Waals surface area contributed by atoms with E-state index in [-0.39, 0.29) is 6.07 Å². The second kappa shape index (κ2) is 5.51. The molecular formula is C11H8ClF6NO. The molecule has 0 radical (unpaired) electrons. The molecular weight excluding hydrogens is 312 g/mol. The fourth-order valence-electron chi connectivity index (χ4n) is 1.27. The van der Waals surface area contributed by atoms with Crippen LogP contribution in [0.1, 0.15) is 18.1 Å². The number of nitrogens with one attached hydrogen (secondary N) is 1. The summed E-state index contributed by atoms with van der Waals surface area (Å²) in [6, 6.07) is 0.790. The molecule has 0 spiro atoms. The Balaban J connectivity index is 3.28. The first kappa shape index (κ1) is 16.6. The molecule has 20 heavy (non-hydrogen) atoms. The SMILES string of the molecule is C[C@H](Cl)C(=O)Nc1cc(C(F)(F)F)cc(C(F)(F)F)c1. The van der Waals surface area contributed by atoms with Crippen molar-refractivity contribution in [1.82, 2.24) is 0 Å². The Morgan fingerprint density at radius 3 is 1.75 bits per heavy atom. The lowest BCUT2D eigenvalue weighted by Gasteiger charge is -2.15. The smallest absolute Gasteiger partial charge is 0.325 e. The number of anilines is 1. The maximum atomic E-state index is 12.5. The number of hydrogen-bond donors (Lipinski definition) is 1. The van der Waals surface area contributed by atoms with Gasteiger partial charge in [0.25, 0.3) is 0 Å². The number of hydrogen-bond acceptors (Lipinski definition) is 1. The van der Waals surface area contributed by atoms with Crippen LogP contribution in [-0.4, -0.2) is 11.3 Å². The van der Waals surface area contributed by atoms with Crippen LogP contribution in [0.4, 0.5) is 32.0 Å². The van der Waals surface area contributed by atoms with Crippen LogP contribution in [0.15, 0.2) is 18.2 Å². The van der Waals surface area contributed by atoms with Gasteiger partial charge in [-0.3, -0.25) is 4.79 Å². The van der Waals surface area contributed by atoms with E-state index in [1.54, 1.807) is 0 Å². The van der Waals surface area contributed by atoms with Crippen molar-refractivity contribution in [2.24, 2.45) is 0 Å². The van der Waals surface area contributed by atoms with Crippen molar-refractivity contribution < 1.29 is 31.1 Å². The van der Waals surface area contributed by atoms with Crippen molar-refractivity contribution in [3.05, 3.63) is 29.3 Å². The van der Waals surface area contributed by atoms with Gasteiger partial charge < -0.3 is 5.32 Å². The summed E-state index contributed by atoms with van der Waals surface area (Å²) in [6.07, 6.45) is -9.93. The lowest BCUT2D eigenvalue weighted by Crippen LogP contribution is -2.21. The molecule has 0 saturated heterocycles. The normalized spacial score (nSPS) is 14.0. The highest BCUT2D eigenvalue weighted by molar-refractivity contribution is 6.32. The zero-order chi connectivity index (χ0) is 15.7. The molecule has 0 heterocycles. The summed E-state index contributed by atoms with van der Waals surface area (Å²) in [5.41, 5.74) is -3.64. The highest BCUT2D eigenvalue weighted by Crippen LogP contribution is 2.37. The van der Waals surface area contributed by atoms with Gasteiger partial charge in [0.2, 0.25) is 5.91 Å². The molecule has 1 aromatic rings. The Morgan fingerprint density at radius 1 is 1.05 bits per heavy atom. The largest absolute Gasteiger partial charge is 0.416 e. The third kappa shape index (κ3) is 4.29. The number of carbonyl (C=O) groups excluding carboxylic acids is 1. The molecule has 9 heteroatoms. The van der Waals surface area contributed by atoms with Crippen molar-refractivity contribution in [2.75, 3.05) is 5.32 Å². The number of carbonyl (C=O) groups is 1. The predicted molar refractivity (Wildman–Crippen MR) is 60.4 cm³/mol. The van der Waals surface area contributed by atoms with Gasteiger partial charge in [0, 0.05) is 5.69 Å². The summed E-state index contributed by atoms with van der Waals surface area (Å²) in [4.78, 5) is 11.2. The van der Waals surface area contributed by atoms with Crippen molar-refractivity contribution in [3.63, 3.8) is 0 Å². The van der Waals surface area contributed by atoms with Gasteiger partial charge in [0.05, 0.1) is 11.1 Å². The molecule has 0 aromatic heterocycles. The summed E-state index contributed by atoms with van der Waals surface area (Å²) < 4.78 is 75.2. The average Bonchev–Trinajstić information content (AvgIpc) is 2.26. The highest BCUT2D eigenvalue weighted by atomic mass is 35.5. The molecule has 1 amide bonds. The van der Waals surface area contributed by atoms with Crippen LogP contribution in [-0.2, 0) is 17.1 Å². The number of alkyl halides is 7. The first-order chi connectivity index (χ1) is 8.91. The molecule has 0 bridgehead atoms. The first-order valence-electron chi connectivity index (χ1n) is 5.15. The third-order valence-electron chi connectivity index (χ3n) is 2.22. The lowest BCUT2D eigenvalue weighted by atomic mass is 10.1. The second-order valence-corrected chi connectivity index (χ2v) is 4.55. The van der Waals surface area contributed by atoms with E-state index in [0.717, 1.165) is 0 Å². The maximum Gasteiger partial charge on any atom is 0.416 e. The number of halogens is 7. The van der Waals surface area contributed by atoms with E-state index in [1.807, 2.05) is 5.32 Å². The lowest BCUT2D eigenvalue weighted by molar-refractivity contribution is -0.143. The molecule has 0 saturated carbocycles. The van der Waals surface area contributed by atoms with Crippen LogP contribution in [0, 0.1) is 0 Å². The minimum absolute atomic E-state index is 0.0280. The molecule has 0 aliphatic heterocycles. The molecule has 0 aliphatic rings. The zero-order valence-corrected chi connectivity index (χ0v) is 10.6. The first-order valence-corrected chi connectivity index (χ1v) is 5.59. The minimum Gasteiger partial charge on any atom is -0.325 e. The van der Waals surface area contributed by atoms with E-state index in [9.17, 15) is 31.1 Å². The van der Waals surface area contributed by atoms with Gasteiger partial charge in [-0.15, -0.1) is 11.6 Å². The fourth-order valence-corrected chi connectivity index (χ4v) is 1.32. The Bertz CT molecular complexity index is 476. The van der Waals surface area contributed by atoms with Crippen LogP contribution < -0.4 is 5.32 Å². The minimum atomic E-state index is -4.96. The molecule has 2 nitrogen and oxygen atoms in total. The second-order valence-electron chi connectivity index (χ2n) is 3.90. The Morgan fingerprint density at radius 2 is 1.45 bits per heavy atom. The van der Waals surface area contributed by atoms with E-state index in [4.69, 9.17) is 11.6 Å². The van der Waals surface area contributed by atoms with Crippen LogP contribution >= 0.6 is 11.6 Å². The molecule has 0 aliphatic carbocycles. The molecule has 112 valence electrons. The van der Waals surface area contributed by atoms with E-state index >= 15 is 0 Å². The molecule has 1 rings (SSSR count). The predicted octanol–water partition coefficient (Wildman–Crippen LogP) is 4.29. The third-order valence-corrected chi connectivity index (χ3v) is 2.41. The Labute approximate surface area is 114 Å².